The number of aryl methyl sites for hydroxylation is 1. The molecule has 0 spiro atoms. The van der Waals surface area contributed by atoms with Crippen LogP contribution in [0.1, 0.15) is 30.0 Å². The SMILES string of the molecule is Cc1cc(CNC(C)c2cccc(O)c2)no1. The molecule has 17 heavy (non-hydrogen) atoms. The zero-order valence-corrected chi connectivity index (χ0v) is 9.97. The topological polar surface area (TPSA) is 58.3 Å². The first kappa shape index (κ1) is 11.7. The first-order valence-corrected chi connectivity index (χ1v) is 5.59. The number of nitrogens with zero attached hydrogens (tertiary/aromatic N) is 1. The lowest BCUT2D eigenvalue weighted by Crippen LogP contribution is -2.18. The average Bonchev–Trinajstić information content (AvgIpc) is 2.72. The molecule has 0 aliphatic rings. The number of phenols is 1. The highest BCUT2D eigenvalue weighted by atomic mass is 16.5. The Kier molecular flexibility index (Phi) is 3.44. The van der Waals surface area contributed by atoms with E-state index in [-0.39, 0.29) is 11.8 Å². The minimum atomic E-state index is 0.152. The van der Waals surface area contributed by atoms with E-state index in [0.29, 0.717) is 6.54 Å². The van der Waals surface area contributed by atoms with Crippen molar-refractivity contribution in [2.24, 2.45) is 0 Å². The second-order valence-corrected chi connectivity index (χ2v) is 4.13. The van der Waals surface area contributed by atoms with E-state index in [4.69, 9.17) is 4.52 Å². The lowest BCUT2D eigenvalue weighted by atomic mass is 10.1. The van der Waals surface area contributed by atoms with Crippen LogP contribution in [0.15, 0.2) is 34.9 Å². The molecule has 4 nitrogen and oxygen atoms in total. The van der Waals surface area contributed by atoms with Crippen molar-refractivity contribution >= 4 is 0 Å². The first-order valence-electron chi connectivity index (χ1n) is 5.59. The highest BCUT2D eigenvalue weighted by Crippen LogP contribution is 2.18. The van der Waals surface area contributed by atoms with Gasteiger partial charge in [0.25, 0.3) is 0 Å². The molecule has 0 radical (unpaired) electrons. The van der Waals surface area contributed by atoms with Crippen LogP contribution in [0.2, 0.25) is 0 Å². The Morgan fingerprint density at radius 3 is 2.88 bits per heavy atom. The van der Waals surface area contributed by atoms with Crippen LogP contribution in [0.3, 0.4) is 0 Å². The maximum Gasteiger partial charge on any atom is 0.133 e. The minimum absolute atomic E-state index is 0.152. The van der Waals surface area contributed by atoms with E-state index in [9.17, 15) is 5.11 Å². The monoisotopic (exact) mass is 232 g/mol. The highest BCUT2D eigenvalue weighted by molar-refractivity contribution is 5.29. The van der Waals surface area contributed by atoms with Gasteiger partial charge in [-0.1, -0.05) is 17.3 Å². The molecule has 2 N–H and O–H groups in total. The quantitative estimate of drug-likeness (QED) is 0.850. The standard InChI is InChI=1S/C13H16N2O2/c1-9-6-12(15-17-9)8-14-10(2)11-4-3-5-13(16)7-11/h3-7,10,14,16H,8H2,1-2H3. The van der Waals surface area contributed by atoms with Gasteiger partial charge in [-0.2, -0.15) is 0 Å². The summed E-state index contributed by atoms with van der Waals surface area (Å²) in [4.78, 5) is 0. The summed E-state index contributed by atoms with van der Waals surface area (Å²) in [6.07, 6.45) is 0. The summed E-state index contributed by atoms with van der Waals surface area (Å²) in [5, 5.41) is 16.6. The molecule has 0 aliphatic carbocycles. The molecule has 0 fully saturated rings. The summed E-state index contributed by atoms with van der Waals surface area (Å²) in [7, 11) is 0. The van der Waals surface area contributed by atoms with Gasteiger partial charge in [-0.25, -0.2) is 0 Å². The van der Waals surface area contributed by atoms with Gasteiger partial charge in [0.15, 0.2) is 0 Å². The molecule has 2 rings (SSSR count). The van der Waals surface area contributed by atoms with Crippen molar-refractivity contribution in [1.29, 1.82) is 0 Å². The van der Waals surface area contributed by atoms with E-state index in [1.165, 1.54) is 0 Å². The van der Waals surface area contributed by atoms with Gasteiger partial charge in [0.05, 0.1) is 5.69 Å². The van der Waals surface area contributed by atoms with E-state index >= 15 is 0 Å². The number of aromatic hydroxyl groups is 1. The fourth-order valence-corrected chi connectivity index (χ4v) is 1.67. The minimum Gasteiger partial charge on any atom is -0.508 e. The second kappa shape index (κ2) is 5.01. The van der Waals surface area contributed by atoms with Crippen LogP contribution < -0.4 is 5.32 Å². The maximum atomic E-state index is 9.40. The van der Waals surface area contributed by atoms with Gasteiger partial charge in [0.2, 0.25) is 0 Å². The van der Waals surface area contributed by atoms with Crippen molar-refractivity contribution in [3.8, 4) is 5.75 Å². The summed E-state index contributed by atoms with van der Waals surface area (Å²) in [5.74, 6) is 1.10. The van der Waals surface area contributed by atoms with Gasteiger partial charge < -0.3 is 14.9 Å². The average molecular weight is 232 g/mol. The molecular formula is C13H16N2O2. The lowest BCUT2D eigenvalue weighted by molar-refractivity contribution is 0.386. The molecule has 1 atom stereocenters. The number of phenolic OH excluding ortho intramolecular Hbond substituents is 1. The molecule has 0 bridgehead atoms. The predicted octanol–water partition coefficient (Wildman–Crippen LogP) is 2.54. The number of hydrogen-bond acceptors (Lipinski definition) is 4. The van der Waals surface area contributed by atoms with E-state index < -0.39 is 0 Å². The molecular weight excluding hydrogens is 216 g/mol. The van der Waals surface area contributed by atoms with Crippen LogP contribution in [0, 0.1) is 6.92 Å². The maximum absolute atomic E-state index is 9.40. The van der Waals surface area contributed by atoms with Gasteiger partial charge in [-0.3, -0.25) is 0 Å². The first-order chi connectivity index (χ1) is 8.15. The number of nitrogens with one attached hydrogen (secondary N) is 1. The molecule has 0 saturated carbocycles. The normalized spacial score (nSPS) is 12.6. The Hall–Kier alpha value is -1.81. The van der Waals surface area contributed by atoms with Crippen molar-refractivity contribution in [1.82, 2.24) is 10.5 Å². The van der Waals surface area contributed by atoms with Crippen LogP contribution in [-0.2, 0) is 6.54 Å². The van der Waals surface area contributed by atoms with Crippen LogP contribution in [0.25, 0.3) is 0 Å². The fourth-order valence-electron chi connectivity index (χ4n) is 1.67. The van der Waals surface area contributed by atoms with Gasteiger partial charge in [-0.15, -0.1) is 0 Å². The molecule has 1 aromatic heterocycles. The Morgan fingerprint density at radius 1 is 1.41 bits per heavy atom. The van der Waals surface area contributed by atoms with Crippen molar-refractivity contribution in [3.63, 3.8) is 0 Å². The molecule has 0 saturated heterocycles. The zero-order chi connectivity index (χ0) is 12.3. The summed E-state index contributed by atoms with van der Waals surface area (Å²) < 4.78 is 4.99. The van der Waals surface area contributed by atoms with Gasteiger partial charge in [0.1, 0.15) is 11.5 Å². The summed E-state index contributed by atoms with van der Waals surface area (Å²) in [6, 6.07) is 9.29. The zero-order valence-electron chi connectivity index (χ0n) is 9.97. The third-order valence-electron chi connectivity index (χ3n) is 2.64. The molecule has 90 valence electrons. The fraction of sp³-hybridized carbons (Fsp3) is 0.308. The molecule has 4 heteroatoms. The summed E-state index contributed by atoms with van der Waals surface area (Å²) in [6.45, 7) is 4.56. The molecule has 1 aromatic carbocycles. The molecule has 0 aliphatic heterocycles. The van der Waals surface area contributed by atoms with Gasteiger partial charge >= 0.3 is 0 Å². The summed E-state index contributed by atoms with van der Waals surface area (Å²) in [5.41, 5.74) is 1.93. The smallest absolute Gasteiger partial charge is 0.133 e. The number of rotatable bonds is 4. The van der Waals surface area contributed by atoms with Crippen LogP contribution in [0.4, 0.5) is 0 Å². The van der Waals surface area contributed by atoms with E-state index in [1.54, 1.807) is 12.1 Å². The van der Waals surface area contributed by atoms with Crippen LogP contribution in [-0.4, -0.2) is 10.3 Å². The van der Waals surface area contributed by atoms with Crippen LogP contribution in [0.5, 0.6) is 5.75 Å². The molecule has 1 unspecified atom stereocenters. The Labute approximate surface area is 100 Å². The Balaban J connectivity index is 1.95. The predicted molar refractivity (Wildman–Crippen MR) is 64.6 cm³/mol. The molecule has 1 heterocycles. The van der Waals surface area contributed by atoms with Gasteiger partial charge in [-0.05, 0) is 31.5 Å². The Bertz CT molecular complexity index is 494. The third-order valence-corrected chi connectivity index (χ3v) is 2.64. The van der Waals surface area contributed by atoms with Crippen LogP contribution >= 0.6 is 0 Å². The Morgan fingerprint density at radius 2 is 2.24 bits per heavy atom. The number of aromatic nitrogens is 1. The third kappa shape index (κ3) is 3.07. The molecule has 2 aromatic rings. The number of hydrogen-bond donors (Lipinski definition) is 2. The summed E-state index contributed by atoms with van der Waals surface area (Å²) >= 11 is 0. The largest absolute Gasteiger partial charge is 0.508 e. The van der Waals surface area contributed by atoms with Gasteiger partial charge in [0, 0.05) is 18.7 Å². The molecule has 0 amide bonds. The van der Waals surface area contributed by atoms with Crippen molar-refractivity contribution in [2.75, 3.05) is 0 Å². The number of benzene rings is 1. The van der Waals surface area contributed by atoms with E-state index in [2.05, 4.69) is 10.5 Å². The van der Waals surface area contributed by atoms with E-state index in [1.807, 2.05) is 32.0 Å². The lowest BCUT2D eigenvalue weighted by Gasteiger charge is -2.13. The second-order valence-electron chi connectivity index (χ2n) is 4.13. The van der Waals surface area contributed by atoms with Crippen molar-refractivity contribution < 1.29 is 9.63 Å². The highest BCUT2D eigenvalue weighted by Gasteiger charge is 2.07. The van der Waals surface area contributed by atoms with Crippen molar-refractivity contribution in [3.05, 3.63) is 47.3 Å². The van der Waals surface area contributed by atoms with E-state index in [0.717, 1.165) is 17.0 Å². The van der Waals surface area contributed by atoms with Crippen molar-refractivity contribution in [2.45, 2.75) is 26.4 Å².